The van der Waals surface area contributed by atoms with E-state index in [4.69, 9.17) is 4.52 Å². The molecule has 96 valence electrons. The van der Waals surface area contributed by atoms with Crippen LogP contribution in [-0.2, 0) is 14.8 Å². The van der Waals surface area contributed by atoms with Crippen molar-refractivity contribution in [1.29, 1.82) is 0 Å². The molecule has 8 heteroatoms. The van der Waals surface area contributed by atoms with Gasteiger partial charge in [-0.3, -0.25) is 4.79 Å². The lowest BCUT2D eigenvalue weighted by Gasteiger charge is -2.11. The maximum absolute atomic E-state index is 11.6. The predicted molar refractivity (Wildman–Crippen MR) is 61.9 cm³/mol. The lowest BCUT2D eigenvalue weighted by Crippen LogP contribution is -2.42. The van der Waals surface area contributed by atoms with E-state index in [1.165, 1.54) is 13.8 Å². The lowest BCUT2D eigenvalue weighted by atomic mass is 10.3. The van der Waals surface area contributed by atoms with E-state index in [0.29, 0.717) is 5.76 Å². The van der Waals surface area contributed by atoms with Crippen molar-refractivity contribution in [2.75, 3.05) is 11.1 Å². The number of sulfonamides is 1. The van der Waals surface area contributed by atoms with Gasteiger partial charge in [-0.05, 0) is 20.8 Å². The summed E-state index contributed by atoms with van der Waals surface area (Å²) in [6.07, 6.45) is 0. The molecule has 1 atom stereocenters. The topological polar surface area (TPSA) is 101 Å². The number of aryl methyl sites for hydroxylation is 1. The van der Waals surface area contributed by atoms with Crippen LogP contribution in [0.4, 0.5) is 5.82 Å². The summed E-state index contributed by atoms with van der Waals surface area (Å²) in [6.45, 7) is 4.63. The molecule has 0 bridgehead atoms. The Kier molecular flexibility index (Phi) is 4.24. The van der Waals surface area contributed by atoms with Crippen molar-refractivity contribution >= 4 is 21.7 Å². The van der Waals surface area contributed by atoms with Crippen molar-refractivity contribution in [3.05, 3.63) is 11.8 Å². The maximum atomic E-state index is 11.6. The number of nitrogens with zero attached hydrogens (tertiary/aromatic N) is 1. The second-order valence-electron chi connectivity index (χ2n) is 3.56. The molecule has 17 heavy (non-hydrogen) atoms. The fourth-order valence-electron chi connectivity index (χ4n) is 1.07. The minimum atomic E-state index is -3.41. The highest BCUT2D eigenvalue weighted by molar-refractivity contribution is 7.89. The van der Waals surface area contributed by atoms with Gasteiger partial charge in [-0.2, -0.15) is 0 Å². The number of aromatic nitrogens is 1. The van der Waals surface area contributed by atoms with Crippen LogP contribution in [-0.4, -0.2) is 31.3 Å². The van der Waals surface area contributed by atoms with Gasteiger partial charge >= 0.3 is 0 Å². The molecule has 1 aromatic rings. The highest BCUT2D eigenvalue weighted by Gasteiger charge is 2.19. The first-order valence-corrected chi connectivity index (χ1v) is 6.73. The van der Waals surface area contributed by atoms with Gasteiger partial charge in [-0.1, -0.05) is 5.16 Å². The van der Waals surface area contributed by atoms with Crippen molar-refractivity contribution < 1.29 is 17.7 Å². The highest BCUT2D eigenvalue weighted by Crippen LogP contribution is 2.07. The van der Waals surface area contributed by atoms with Gasteiger partial charge in [0, 0.05) is 6.07 Å². The molecule has 1 rings (SSSR count). The van der Waals surface area contributed by atoms with Crippen molar-refractivity contribution in [1.82, 2.24) is 9.88 Å². The molecule has 0 saturated heterocycles. The van der Waals surface area contributed by atoms with Gasteiger partial charge in [0.25, 0.3) is 0 Å². The number of nitrogens with one attached hydrogen (secondary N) is 2. The van der Waals surface area contributed by atoms with E-state index >= 15 is 0 Å². The van der Waals surface area contributed by atoms with E-state index in [0.717, 1.165) is 0 Å². The summed E-state index contributed by atoms with van der Waals surface area (Å²) in [5.74, 6) is 0.251. The molecule has 1 aromatic heterocycles. The average Bonchev–Trinajstić information content (AvgIpc) is 2.63. The molecule has 0 aliphatic rings. The summed E-state index contributed by atoms with van der Waals surface area (Å²) in [5, 5.41) is 6.01. The van der Waals surface area contributed by atoms with E-state index in [9.17, 15) is 13.2 Å². The van der Waals surface area contributed by atoms with Crippen LogP contribution in [0.25, 0.3) is 0 Å². The third-order valence-electron chi connectivity index (χ3n) is 2.01. The molecule has 1 heterocycles. The second kappa shape index (κ2) is 5.28. The molecule has 0 aromatic carbocycles. The standard InChI is InChI=1S/C9H15N3O4S/c1-4-17(14,15)12-7(3)9(13)10-8-5-6(2)16-11-8/h5,7,12H,4H2,1-3H3,(H,10,11,13)/t7-/m1/s1. The van der Waals surface area contributed by atoms with Crippen molar-refractivity contribution in [3.63, 3.8) is 0 Å². The summed E-state index contributed by atoms with van der Waals surface area (Å²) in [6, 6.07) is 0.677. The molecular formula is C9H15N3O4S. The molecule has 0 saturated carbocycles. The van der Waals surface area contributed by atoms with Gasteiger partial charge in [-0.25, -0.2) is 13.1 Å². The molecular weight excluding hydrogens is 246 g/mol. The number of carbonyl (C=O) groups excluding carboxylic acids is 1. The lowest BCUT2D eigenvalue weighted by molar-refractivity contribution is -0.117. The van der Waals surface area contributed by atoms with Gasteiger partial charge < -0.3 is 9.84 Å². The molecule has 0 unspecified atom stereocenters. The van der Waals surface area contributed by atoms with Crippen LogP contribution in [0.2, 0.25) is 0 Å². The van der Waals surface area contributed by atoms with Gasteiger partial charge in [0.05, 0.1) is 11.8 Å². The van der Waals surface area contributed by atoms with Crippen LogP contribution >= 0.6 is 0 Å². The summed E-state index contributed by atoms with van der Waals surface area (Å²) in [7, 11) is -3.41. The van der Waals surface area contributed by atoms with E-state index in [1.54, 1.807) is 13.0 Å². The molecule has 0 fully saturated rings. The Morgan fingerprint density at radius 1 is 1.59 bits per heavy atom. The number of anilines is 1. The zero-order valence-corrected chi connectivity index (χ0v) is 10.7. The van der Waals surface area contributed by atoms with E-state index in [1.807, 2.05) is 0 Å². The van der Waals surface area contributed by atoms with Crippen LogP contribution in [0, 0.1) is 6.92 Å². The smallest absolute Gasteiger partial charge is 0.243 e. The second-order valence-corrected chi connectivity index (χ2v) is 5.60. The fraction of sp³-hybridized carbons (Fsp3) is 0.556. The first-order chi connectivity index (χ1) is 7.84. The Morgan fingerprint density at radius 2 is 2.24 bits per heavy atom. The summed E-state index contributed by atoms with van der Waals surface area (Å²) in [5.41, 5.74) is 0. The van der Waals surface area contributed by atoms with E-state index < -0.39 is 22.0 Å². The molecule has 0 aliphatic heterocycles. The monoisotopic (exact) mass is 261 g/mol. The third kappa shape index (κ3) is 4.16. The quantitative estimate of drug-likeness (QED) is 0.791. The molecule has 1 amide bonds. The number of hydrogen-bond donors (Lipinski definition) is 2. The minimum Gasteiger partial charge on any atom is -0.360 e. The van der Waals surface area contributed by atoms with Gasteiger partial charge in [0.1, 0.15) is 5.76 Å². The van der Waals surface area contributed by atoms with Gasteiger partial charge in [-0.15, -0.1) is 0 Å². The number of amides is 1. The largest absolute Gasteiger partial charge is 0.360 e. The van der Waals surface area contributed by atoms with Crippen molar-refractivity contribution in [2.45, 2.75) is 26.8 Å². The first-order valence-electron chi connectivity index (χ1n) is 5.08. The van der Waals surface area contributed by atoms with Crippen LogP contribution in [0.5, 0.6) is 0 Å². The zero-order valence-electron chi connectivity index (χ0n) is 9.85. The average molecular weight is 261 g/mol. The van der Waals surface area contributed by atoms with Crippen molar-refractivity contribution in [2.24, 2.45) is 0 Å². The fourth-order valence-corrected chi connectivity index (χ4v) is 1.88. The summed E-state index contributed by atoms with van der Waals surface area (Å²) < 4.78 is 29.5. The maximum Gasteiger partial charge on any atom is 0.243 e. The van der Waals surface area contributed by atoms with E-state index in [-0.39, 0.29) is 11.6 Å². The molecule has 0 aliphatic carbocycles. The summed E-state index contributed by atoms with van der Waals surface area (Å²) >= 11 is 0. The molecule has 7 nitrogen and oxygen atoms in total. The number of rotatable bonds is 5. The molecule has 2 N–H and O–H groups in total. The third-order valence-corrected chi connectivity index (χ3v) is 3.48. The SMILES string of the molecule is CCS(=O)(=O)N[C@H](C)C(=O)Nc1cc(C)on1. The normalized spacial score (nSPS) is 13.4. The Labute approximate surface area is 99.6 Å². The van der Waals surface area contributed by atoms with Crippen LogP contribution < -0.4 is 10.0 Å². The molecule has 0 radical (unpaired) electrons. The Morgan fingerprint density at radius 3 is 2.71 bits per heavy atom. The van der Waals surface area contributed by atoms with Crippen molar-refractivity contribution in [3.8, 4) is 0 Å². The highest BCUT2D eigenvalue weighted by atomic mass is 32.2. The first kappa shape index (κ1) is 13.7. The Bertz CT molecular complexity index is 494. The van der Waals surface area contributed by atoms with Crippen LogP contribution in [0.15, 0.2) is 10.6 Å². The summed E-state index contributed by atoms with van der Waals surface area (Å²) in [4.78, 5) is 11.6. The van der Waals surface area contributed by atoms with E-state index in [2.05, 4.69) is 15.2 Å². The zero-order chi connectivity index (χ0) is 13.1. The Balaban J connectivity index is 2.59. The van der Waals surface area contributed by atoms with Crippen LogP contribution in [0.3, 0.4) is 0 Å². The van der Waals surface area contributed by atoms with Gasteiger partial charge in [0.15, 0.2) is 5.82 Å². The predicted octanol–water partition coefficient (Wildman–Crippen LogP) is 0.249. The molecule has 0 spiro atoms. The Hall–Kier alpha value is -1.41. The number of carbonyl (C=O) groups is 1. The minimum absolute atomic E-state index is 0.0757. The number of hydrogen-bond acceptors (Lipinski definition) is 5. The van der Waals surface area contributed by atoms with Crippen LogP contribution in [0.1, 0.15) is 19.6 Å². The van der Waals surface area contributed by atoms with Gasteiger partial charge in [0.2, 0.25) is 15.9 Å².